The van der Waals surface area contributed by atoms with Crippen molar-refractivity contribution in [2.24, 2.45) is 7.05 Å². The lowest BCUT2D eigenvalue weighted by atomic mass is 10.2. The molecule has 1 N–H and O–H groups in total. The molecule has 0 aliphatic carbocycles. The zero-order chi connectivity index (χ0) is 19.2. The Balaban J connectivity index is 1.68. The SMILES string of the molecule is Cc1cnn(-c2ccc(S(=O)(=O)Nc3cccc4cnn(C)c34)cn2)c1C. The lowest BCUT2D eigenvalue weighted by molar-refractivity contribution is 0.600. The van der Waals surface area contributed by atoms with Crippen LogP contribution in [0.25, 0.3) is 16.7 Å². The topological polar surface area (TPSA) is 94.7 Å². The molecule has 4 rings (SSSR count). The zero-order valence-corrected chi connectivity index (χ0v) is 15.9. The highest BCUT2D eigenvalue weighted by atomic mass is 32.2. The van der Waals surface area contributed by atoms with E-state index < -0.39 is 10.0 Å². The third kappa shape index (κ3) is 2.95. The van der Waals surface area contributed by atoms with Gasteiger partial charge in [-0.2, -0.15) is 10.2 Å². The second-order valence-corrected chi connectivity index (χ2v) is 7.98. The summed E-state index contributed by atoms with van der Waals surface area (Å²) in [5, 5.41) is 9.29. The van der Waals surface area contributed by atoms with Gasteiger partial charge in [-0.1, -0.05) is 12.1 Å². The molecule has 0 saturated carbocycles. The number of benzene rings is 1. The molecule has 8 nitrogen and oxygen atoms in total. The molecule has 9 heteroatoms. The molecular formula is C18H18N6O2S. The largest absolute Gasteiger partial charge is 0.277 e. The van der Waals surface area contributed by atoms with Crippen molar-refractivity contribution in [2.75, 3.05) is 4.72 Å². The van der Waals surface area contributed by atoms with Crippen LogP contribution in [0.2, 0.25) is 0 Å². The Morgan fingerprint density at radius 1 is 1.00 bits per heavy atom. The van der Waals surface area contributed by atoms with E-state index in [-0.39, 0.29) is 4.90 Å². The number of fused-ring (bicyclic) bond motifs is 1. The van der Waals surface area contributed by atoms with E-state index in [1.165, 1.54) is 12.3 Å². The van der Waals surface area contributed by atoms with Crippen molar-refractivity contribution in [3.05, 3.63) is 60.2 Å². The number of aryl methyl sites for hydroxylation is 2. The van der Waals surface area contributed by atoms with Gasteiger partial charge in [0.1, 0.15) is 4.90 Å². The quantitative estimate of drug-likeness (QED) is 0.585. The van der Waals surface area contributed by atoms with Gasteiger partial charge in [0.2, 0.25) is 0 Å². The Bertz CT molecular complexity index is 1240. The van der Waals surface area contributed by atoms with Crippen molar-refractivity contribution in [1.29, 1.82) is 0 Å². The van der Waals surface area contributed by atoms with Crippen LogP contribution < -0.4 is 4.72 Å². The van der Waals surface area contributed by atoms with Crippen LogP contribution in [0.1, 0.15) is 11.3 Å². The van der Waals surface area contributed by atoms with E-state index >= 15 is 0 Å². The molecule has 0 bridgehead atoms. The average molecular weight is 382 g/mol. The number of aromatic nitrogens is 5. The van der Waals surface area contributed by atoms with Gasteiger partial charge in [-0.25, -0.2) is 18.1 Å². The summed E-state index contributed by atoms with van der Waals surface area (Å²) in [6.07, 6.45) is 4.77. The van der Waals surface area contributed by atoms with Gasteiger partial charge >= 0.3 is 0 Å². The van der Waals surface area contributed by atoms with Gasteiger partial charge in [0.05, 0.1) is 23.6 Å². The van der Waals surface area contributed by atoms with E-state index in [0.717, 1.165) is 16.6 Å². The molecule has 0 saturated heterocycles. The predicted molar refractivity (Wildman–Crippen MR) is 102 cm³/mol. The Kier molecular flexibility index (Phi) is 3.96. The van der Waals surface area contributed by atoms with Crippen molar-refractivity contribution in [2.45, 2.75) is 18.7 Å². The van der Waals surface area contributed by atoms with E-state index in [2.05, 4.69) is 19.9 Å². The molecule has 0 aliphatic heterocycles. The van der Waals surface area contributed by atoms with Crippen LogP contribution in [0.5, 0.6) is 0 Å². The molecule has 3 heterocycles. The van der Waals surface area contributed by atoms with Crippen molar-refractivity contribution < 1.29 is 8.42 Å². The maximum Gasteiger partial charge on any atom is 0.263 e. The molecule has 1 aromatic carbocycles. The monoisotopic (exact) mass is 382 g/mol. The Morgan fingerprint density at radius 2 is 1.81 bits per heavy atom. The minimum Gasteiger partial charge on any atom is -0.277 e. The van der Waals surface area contributed by atoms with E-state index in [1.54, 1.807) is 47.0 Å². The normalized spacial score (nSPS) is 11.8. The standard InChI is InChI=1S/C18H18N6O2S/c1-12-9-21-24(13(12)2)17-8-7-15(11-19-17)27(25,26)22-16-6-4-5-14-10-20-23(3)18(14)16/h4-11,22H,1-3H3. The molecule has 0 aliphatic rings. The average Bonchev–Trinajstić information content (AvgIpc) is 3.19. The number of para-hydroxylation sites is 1. The zero-order valence-electron chi connectivity index (χ0n) is 15.1. The number of pyridine rings is 1. The van der Waals surface area contributed by atoms with Crippen LogP contribution in [-0.2, 0) is 17.1 Å². The van der Waals surface area contributed by atoms with Gasteiger partial charge in [0.25, 0.3) is 10.0 Å². The summed E-state index contributed by atoms with van der Waals surface area (Å²) in [6.45, 7) is 3.89. The number of hydrogen-bond acceptors (Lipinski definition) is 5. The summed E-state index contributed by atoms with van der Waals surface area (Å²) in [7, 11) is -2.02. The first-order valence-corrected chi connectivity index (χ1v) is 9.76. The summed E-state index contributed by atoms with van der Waals surface area (Å²) in [5.41, 5.74) is 3.18. The third-order valence-electron chi connectivity index (χ3n) is 4.51. The van der Waals surface area contributed by atoms with Crippen molar-refractivity contribution >= 4 is 26.6 Å². The fourth-order valence-corrected chi connectivity index (χ4v) is 3.91. The molecule has 0 fully saturated rings. The van der Waals surface area contributed by atoms with Crippen molar-refractivity contribution in [1.82, 2.24) is 24.5 Å². The fourth-order valence-electron chi connectivity index (χ4n) is 2.90. The summed E-state index contributed by atoms with van der Waals surface area (Å²) in [6, 6.07) is 8.53. The molecule has 138 valence electrons. The van der Waals surface area contributed by atoms with Gasteiger partial charge < -0.3 is 0 Å². The van der Waals surface area contributed by atoms with Gasteiger partial charge in [0, 0.05) is 24.3 Å². The number of rotatable bonds is 4. The van der Waals surface area contributed by atoms with Crippen LogP contribution in [0.15, 0.2) is 53.8 Å². The van der Waals surface area contributed by atoms with Crippen LogP contribution in [0.3, 0.4) is 0 Å². The van der Waals surface area contributed by atoms with Gasteiger partial charge in [-0.3, -0.25) is 9.40 Å². The minimum atomic E-state index is -3.79. The number of sulfonamides is 1. The molecular weight excluding hydrogens is 364 g/mol. The van der Waals surface area contributed by atoms with Gasteiger partial charge in [0.15, 0.2) is 5.82 Å². The smallest absolute Gasteiger partial charge is 0.263 e. The van der Waals surface area contributed by atoms with E-state index in [4.69, 9.17) is 0 Å². The molecule has 0 amide bonds. The van der Waals surface area contributed by atoms with E-state index in [9.17, 15) is 8.42 Å². The summed E-state index contributed by atoms with van der Waals surface area (Å²) < 4.78 is 31.5. The molecule has 0 atom stereocenters. The Hall–Kier alpha value is -3.20. The van der Waals surface area contributed by atoms with Gasteiger partial charge in [-0.15, -0.1) is 0 Å². The lowest BCUT2D eigenvalue weighted by Crippen LogP contribution is -2.14. The van der Waals surface area contributed by atoms with E-state index in [1.807, 2.05) is 19.9 Å². The molecule has 27 heavy (non-hydrogen) atoms. The molecule has 0 radical (unpaired) electrons. The predicted octanol–water partition coefficient (Wildman–Crippen LogP) is 2.57. The Morgan fingerprint density at radius 3 is 2.48 bits per heavy atom. The maximum atomic E-state index is 12.8. The van der Waals surface area contributed by atoms with Crippen LogP contribution in [-0.4, -0.2) is 33.0 Å². The maximum absolute atomic E-state index is 12.8. The highest BCUT2D eigenvalue weighted by Crippen LogP contribution is 2.25. The van der Waals surface area contributed by atoms with Gasteiger partial charge in [-0.05, 0) is 37.6 Å². The number of hydrogen-bond donors (Lipinski definition) is 1. The van der Waals surface area contributed by atoms with Crippen LogP contribution >= 0.6 is 0 Å². The number of nitrogens with zero attached hydrogens (tertiary/aromatic N) is 5. The third-order valence-corrected chi connectivity index (χ3v) is 5.86. The van der Waals surface area contributed by atoms with Crippen molar-refractivity contribution in [3.63, 3.8) is 0 Å². The van der Waals surface area contributed by atoms with Crippen LogP contribution in [0, 0.1) is 13.8 Å². The second kappa shape index (κ2) is 6.20. The first-order valence-electron chi connectivity index (χ1n) is 8.28. The van der Waals surface area contributed by atoms with Crippen LogP contribution in [0.4, 0.5) is 5.69 Å². The number of anilines is 1. The molecule has 0 unspecified atom stereocenters. The molecule has 0 spiro atoms. The summed E-state index contributed by atoms with van der Waals surface area (Å²) in [4.78, 5) is 4.34. The fraction of sp³-hybridized carbons (Fsp3) is 0.167. The first-order chi connectivity index (χ1) is 12.9. The summed E-state index contributed by atoms with van der Waals surface area (Å²) in [5.74, 6) is 0.563. The first kappa shape index (κ1) is 17.2. The second-order valence-electron chi connectivity index (χ2n) is 6.29. The highest BCUT2D eigenvalue weighted by Gasteiger charge is 2.18. The minimum absolute atomic E-state index is 0.0759. The highest BCUT2D eigenvalue weighted by molar-refractivity contribution is 7.92. The molecule has 3 aromatic heterocycles. The molecule has 4 aromatic rings. The van der Waals surface area contributed by atoms with Crippen molar-refractivity contribution in [3.8, 4) is 5.82 Å². The lowest BCUT2D eigenvalue weighted by Gasteiger charge is -2.10. The summed E-state index contributed by atoms with van der Waals surface area (Å²) >= 11 is 0. The van der Waals surface area contributed by atoms with E-state index in [0.29, 0.717) is 17.0 Å². The number of nitrogens with one attached hydrogen (secondary N) is 1. The Labute approximate surface area is 156 Å².